The van der Waals surface area contributed by atoms with Crippen LogP contribution < -0.4 is 0 Å². The van der Waals surface area contributed by atoms with E-state index < -0.39 is 0 Å². The first-order chi connectivity index (χ1) is 10.0. The number of hydrogen-bond donors (Lipinski definition) is 0. The van der Waals surface area contributed by atoms with E-state index in [1.807, 2.05) is 10.8 Å². The molecule has 5 heteroatoms. The lowest BCUT2D eigenvalue weighted by Crippen LogP contribution is -2.10. The molecule has 1 unspecified atom stereocenters. The Labute approximate surface area is 133 Å². The third-order valence-electron chi connectivity index (χ3n) is 3.79. The molecule has 0 radical (unpaired) electrons. The summed E-state index contributed by atoms with van der Waals surface area (Å²) in [5.41, 5.74) is 0.0636. The van der Waals surface area contributed by atoms with Crippen molar-refractivity contribution >= 4 is 15.9 Å². The molecule has 0 aromatic carbocycles. The van der Waals surface area contributed by atoms with Gasteiger partial charge in [0.2, 0.25) is 4.73 Å². The zero-order valence-electron chi connectivity index (χ0n) is 12.4. The van der Waals surface area contributed by atoms with E-state index in [2.05, 4.69) is 64.2 Å². The van der Waals surface area contributed by atoms with E-state index in [-0.39, 0.29) is 11.5 Å². The zero-order valence-corrected chi connectivity index (χ0v) is 14.0. The number of nitrogens with zero attached hydrogens (tertiary/aromatic N) is 3. The fraction of sp³-hybridized carbons (Fsp3) is 0.500. The summed E-state index contributed by atoms with van der Waals surface area (Å²) in [7, 11) is 0. The summed E-state index contributed by atoms with van der Waals surface area (Å²) in [5, 5.41) is 4.39. The highest BCUT2D eigenvalue weighted by Gasteiger charge is 2.24. The topological polar surface area (TPSA) is 39.9 Å². The van der Waals surface area contributed by atoms with Crippen molar-refractivity contribution in [1.29, 1.82) is 0 Å². The molecule has 3 rings (SSSR count). The molecule has 21 heavy (non-hydrogen) atoms. The maximum atomic E-state index is 6.20. The first kappa shape index (κ1) is 14.6. The lowest BCUT2D eigenvalue weighted by molar-refractivity contribution is 0.109. The fourth-order valence-corrected chi connectivity index (χ4v) is 2.98. The van der Waals surface area contributed by atoms with Gasteiger partial charge in [0.05, 0.1) is 0 Å². The van der Waals surface area contributed by atoms with E-state index >= 15 is 0 Å². The van der Waals surface area contributed by atoms with Gasteiger partial charge in [0.25, 0.3) is 0 Å². The maximum Gasteiger partial charge on any atom is 0.217 e. The van der Waals surface area contributed by atoms with Gasteiger partial charge in [0.15, 0.2) is 11.9 Å². The first-order valence-corrected chi connectivity index (χ1v) is 8.18. The molecule has 0 bridgehead atoms. The summed E-state index contributed by atoms with van der Waals surface area (Å²) < 4.78 is 8.80. The number of fused-ring (bicyclic) bond motifs is 1. The minimum atomic E-state index is -0.0307. The van der Waals surface area contributed by atoms with E-state index in [4.69, 9.17) is 4.74 Å². The molecule has 1 atom stereocenters. The highest BCUT2D eigenvalue weighted by atomic mass is 79.9. The van der Waals surface area contributed by atoms with Gasteiger partial charge in [-0.05, 0) is 47.3 Å². The minimum Gasteiger partial charge on any atom is -0.482 e. The maximum absolute atomic E-state index is 6.20. The minimum absolute atomic E-state index is 0.0307. The molecule has 0 fully saturated rings. The average Bonchev–Trinajstić information content (AvgIpc) is 2.57. The van der Waals surface area contributed by atoms with Crippen LogP contribution in [0.2, 0.25) is 0 Å². The lowest BCUT2D eigenvalue weighted by atomic mass is 9.93. The standard InChI is InChI=1S/C16H20BrN3O/c1-16(2)9-5-6-12(8-10-16)21-13-7-3-4-11-20-14(13)18-15(17)19-20/h5-6,8-10,13H,3-4,7,11H2,1-2H3. The number of aryl methyl sites for hydroxylation is 1. The molecule has 1 aromatic heterocycles. The SMILES string of the molecule is CC1(C)C=CC=C(OC2CCCCn3nc(Br)nc32)C=C1. The quantitative estimate of drug-likeness (QED) is 0.798. The van der Waals surface area contributed by atoms with Crippen molar-refractivity contribution in [2.24, 2.45) is 5.41 Å². The molecule has 4 nitrogen and oxygen atoms in total. The van der Waals surface area contributed by atoms with Crippen molar-refractivity contribution in [2.45, 2.75) is 45.8 Å². The monoisotopic (exact) mass is 349 g/mol. The number of rotatable bonds is 2. The number of allylic oxidation sites excluding steroid dienone is 5. The van der Waals surface area contributed by atoms with Gasteiger partial charge in [-0.1, -0.05) is 32.1 Å². The Morgan fingerprint density at radius 3 is 3.05 bits per heavy atom. The molecule has 0 N–H and O–H groups in total. The Kier molecular flexibility index (Phi) is 4.02. The summed E-state index contributed by atoms with van der Waals surface area (Å²) in [6, 6.07) is 0. The zero-order chi connectivity index (χ0) is 14.9. The van der Waals surface area contributed by atoms with E-state index in [9.17, 15) is 0 Å². The normalized spacial score (nSPS) is 24.0. The largest absolute Gasteiger partial charge is 0.482 e. The molecule has 2 aliphatic rings. The van der Waals surface area contributed by atoms with Crippen molar-refractivity contribution in [3.8, 4) is 0 Å². The van der Waals surface area contributed by atoms with Crippen LogP contribution in [0, 0.1) is 5.41 Å². The third kappa shape index (κ3) is 3.46. The van der Waals surface area contributed by atoms with Crippen molar-refractivity contribution in [3.63, 3.8) is 0 Å². The molecule has 0 amide bonds. The summed E-state index contributed by atoms with van der Waals surface area (Å²) in [4.78, 5) is 4.48. The Balaban J connectivity index is 1.82. The lowest BCUT2D eigenvalue weighted by Gasteiger charge is -2.17. The number of hydrogen-bond acceptors (Lipinski definition) is 3. The third-order valence-corrected chi connectivity index (χ3v) is 4.13. The fourth-order valence-electron chi connectivity index (χ4n) is 2.60. The van der Waals surface area contributed by atoms with Gasteiger partial charge >= 0.3 is 0 Å². The van der Waals surface area contributed by atoms with Crippen LogP contribution in [0.5, 0.6) is 0 Å². The second-order valence-corrected chi connectivity index (χ2v) is 6.86. The van der Waals surface area contributed by atoms with Crippen LogP contribution in [0.1, 0.15) is 45.0 Å². The van der Waals surface area contributed by atoms with E-state index in [0.717, 1.165) is 37.4 Å². The summed E-state index contributed by atoms with van der Waals surface area (Å²) in [6.45, 7) is 5.27. The molecule has 0 spiro atoms. The number of halogens is 1. The molecular formula is C16H20BrN3O. The molecule has 1 aliphatic heterocycles. The molecule has 112 valence electrons. The van der Waals surface area contributed by atoms with Crippen LogP contribution >= 0.6 is 15.9 Å². The van der Waals surface area contributed by atoms with E-state index in [1.54, 1.807) is 0 Å². The van der Waals surface area contributed by atoms with Crippen molar-refractivity contribution in [3.05, 3.63) is 46.7 Å². The average molecular weight is 350 g/mol. The van der Waals surface area contributed by atoms with Gasteiger partial charge in [0, 0.05) is 12.0 Å². The van der Waals surface area contributed by atoms with Gasteiger partial charge in [-0.15, -0.1) is 5.10 Å². The predicted octanol–water partition coefficient (Wildman–Crippen LogP) is 4.32. The van der Waals surface area contributed by atoms with Crippen LogP contribution in [0.15, 0.2) is 40.9 Å². The predicted molar refractivity (Wildman–Crippen MR) is 85.5 cm³/mol. The summed E-state index contributed by atoms with van der Waals surface area (Å²) in [6.07, 6.45) is 13.7. The van der Waals surface area contributed by atoms with Crippen molar-refractivity contribution in [2.75, 3.05) is 0 Å². The Hall–Kier alpha value is -1.36. The van der Waals surface area contributed by atoms with Crippen LogP contribution in [0.3, 0.4) is 0 Å². The van der Waals surface area contributed by atoms with Crippen LogP contribution in [-0.2, 0) is 11.3 Å². The van der Waals surface area contributed by atoms with Crippen LogP contribution in [0.4, 0.5) is 0 Å². The first-order valence-electron chi connectivity index (χ1n) is 7.39. The van der Waals surface area contributed by atoms with E-state index in [0.29, 0.717) is 4.73 Å². The Morgan fingerprint density at radius 2 is 2.19 bits per heavy atom. The van der Waals surface area contributed by atoms with Gasteiger partial charge < -0.3 is 4.74 Å². The van der Waals surface area contributed by atoms with Gasteiger partial charge in [-0.25, -0.2) is 9.67 Å². The molecule has 1 aromatic rings. The number of ether oxygens (including phenoxy) is 1. The highest BCUT2D eigenvalue weighted by molar-refractivity contribution is 9.10. The summed E-state index contributed by atoms with van der Waals surface area (Å²) >= 11 is 3.36. The molecule has 0 saturated carbocycles. The molecule has 0 saturated heterocycles. The smallest absolute Gasteiger partial charge is 0.217 e. The van der Waals surface area contributed by atoms with Crippen molar-refractivity contribution in [1.82, 2.24) is 14.8 Å². The Morgan fingerprint density at radius 1 is 1.33 bits per heavy atom. The van der Waals surface area contributed by atoms with Gasteiger partial charge in [0.1, 0.15) is 5.76 Å². The van der Waals surface area contributed by atoms with E-state index in [1.165, 1.54) is 0 Å². The van der Waals surface area contributed by atoms with Crippen LogP contribution in [-0.4, -0.2) is 14.8 Å². The Bertz CT molecular complexity index is 613. The van der Waals surface area contributed by atoms with Gasteiger partial charge in [-0.2, -0.15) is 0 Å². The molecule has 2 heterocycles. The van der Waals surface area contributed by atoms with Gasteiger partial charge in [-0.3, -0.25) is 0 Å². The highest BCUT2D eigenvalue weighted by Crippen LogP contribution is 2.31. The summed E-state index contributed by atoms with van der Waals surface area (Å²) in [5.74, 6) is 1.80. The van der Waals surface area contributed by atoms with Crippen LogP contribution in [0.25, 0.3) is 0 Å². The second kappa shape index (κ2) is 5.79. The second-order valence-electron chi connectivity index (χ2n) is 6.15. The molecule has 1 aliphatic carbocycles. The van der Waals surface area contributed by atoms with Crippen molar-refractivity contribution < 1.29 is 4.74 Å². The number of aromatic nitrogens is 3. The molecular weight excluding hydrogens is 330 g/mol.